The van der Waals surface area contributed by atoms with Crippen molar-refractivity contribution in [1.82, 2.24) is 15.2 Å². The molecule has 0 radical (unpaired) electrons. The van der Waals surface area contributed by atoms with Gasteiger partial charge < -0.3 is 10.0 Å². The first-order chi connectivity index (χ1) is 10.8. The summed E-state index contributed by atoms with van der Waals surface area (Å²) in [4.78, 5) is 27.8. The van der Waals surface area contributed by atoms with Crippen LogP contribution in [0.25, 0.3) is 0 Å². The van der Waals surface area contributed by atoms with E-state index < -0.39 is 22.2 Å². The molecule has 10 heteroatoms. The van der Waals surface area contributed by atoms with E-state index in [0.717, 1.165) is 6.26 Å². The summed E-state index contributed by atoms with van der Waals surface area (Å²) in [6.45, 7) is -0.0576. The molecule has 0 bridgehead atoms. The zero-order valence-corrected chi connectivity index (χ0v) is 14.0. The molecule has 126 valence electrons. The van der Waals surface area contributed by atoms with Crippen LogP contribution in [-0.2, 0) is 14.8 Å². The van der Waals surface area contributed by atoms with Crippen molar-refractivity contribution in [3.8, 4) is 0 Å². The van der Waals surface area contributed by atoms with Gasteiger partial charge in [-0.05, 0) is 24.3 Å². The topological polar surface area (TPSA) is 116 Å². The number of amides is 1. The number of hydrogen-bond acceptors (Lipinski definition) is 7. The molecule has 0 saturated heterocycles. The minimum absolute atomic E-state index is 0.0576. The third-order valence-electron chi connectivity index (χ3n) is 3.14. The van der Waals surface area contributed by atoms with Crippen LogP contribution in [0.5, 0.6) is 0 Å². The minimum Gasteiger partial charge on any atom is -0.374 e. The highest BCUT2D eigenvalue weighted by molar-refractivity contribution is 7.88. The van der Waals surface area contributed by atoms with Gasteiger partial charge in [-0.15, -0.1) is 16.2 Å². The zero-order chi connectivity index (χ0) is 17.0. The van der Waals surface area contributed by atoms with Gasteiger partial charge in [0.2, 0.25) is 10.0 Å². The number of ketones is 1. The van der Waals surface area contributed by atoms with Crippen LogP contribution >= 0.6 is 11.3 Å². The number of hydrazine groups is 1. The Morgan fingerprint density at radius 2 is 2.22 bits per heavy atom. The molecule has 1 aliphatic heterocycles. The number of sulfonamides is 1. The van der Waals surface area contributed by atoms with E-state index in [1.54, 1.807) is 17.5 Å². The number of rotatable bonds is 6. The molecule has 8 nitrogen and oxygen atoms in total. The number of aliphatic hydroxyl groups excluding tert-OH is 1. The van der Waals surface area contributed by atoms with Gasteiger partial charge in [-0.2, -0.15) is 0 Å². The molecule has 1 unspecified atom stereocenters. The number of thiophene rings is 1. The molecule has 0 aliphatic carbocycles. The smallest absolute Gasteiger partial charge is 0.263 e. The van der Waals surface area contributed by atoms with Gasteiger partial charge in [0.15, 0.2) is 5.78 Å². The second kappa shape index (κ2) is 7.21. The summed E-state index contributed by atoms with van der Waals surface area (Å²) in [5, 5.41) is 11.7. The number of hydrogen-bond donors (Lipinski definition) is 3. The predicted octanol–water partition coefficient (Wildman–Crippen LogP) is -0.191. The number of nitrogens with zero attached hydrogens (tertiary/aromatic N) is 1. The lowest BCUT2D eigenvalue weighted by molar-refractivity contribution is -0.118. The minimum atomic E-state index is -3.56. The first-order valence-corrected chi connectivity index (χ1v) is 9.52. The lowest BCUT2D eigenvalue weighted by Crippen LogP contribution is -2.44. The first-order valence-electron chi connectivity index (χ1n) is 6.74. The molecule has 1 atom stereocenters. The molecule has 0 saturated carbocycles. The molecule has 3 N–H and O–H groups in total. The van der Waals surface area contributed by atoms with Crippen molar-refractivity contribution in [1.29, 1.82) is 0 Å². The molecule has 0 aromatic carbocycles. The van der Waals surface area contributed by atoms with Crippen molar-refractivity contribution in [3.63, 3.8) is 0 Å². The highest BCUT2D eigenvalue weighted by Crippen LogP contribution is 2.20. The van der Waals surface area contributed by atoms with Crippen molar-refractivity contribution >= 4 is 33.1 Å². The van der Waals surface area contributed by atoms with E-state index in [-0.39, 0.29) is 30.7 Å². The van der Waals surface area contributed by atoms with Gasteiger partial charge in [0.05, 0.1) is 17.7 Å². The highest BCUT2D eigenvalue weighted by atomic mass is 32.2. The van der Waals surface area contributed by atoms with E-state index in [9.17, 15) is 23.1 Å². The molecule has 2 heterocycles. The van der Waals surface area contributed by atoms with E-state index in [1.807, 2.05) is 4.83 Å². The van der Waals surface area contributed by atoms with Gasteiger partial charge in [0, 0.05) is 11.8 Å². The Balaban J connectivity index is 2.04. The van der Waals surface area contributed by atoms with Gasteiger partial charge >= 0.3 is 0 Å². The van der Waals surface area contributed by atoms with Crippen LogP contribution in [0.15, 0.2) is 29.3 Å². The standard InChI is InChI=1S/C13H17N3O5S2/c1-23(20,21)15-14-13(19)9-4-5-12(18)16(7-9)8-10(17)11-3-2-6-22-11/h2-3,6-7,12,15,18H,4-5,8H2,1H3,(H,14,19). The Morgan fingerprint density at radius 1 is 1.48 bits per heavy atom. The quantitative estimate of drug-likeness (QED) is 0.479. The van der Waals surface area contributed by atoms with Crippen molar-refractivity contribution < 1.29 is 23.1 Å². The summed E-state index contributed by atoms with van der Waals surface area (Å²) in [6, 6.07) is 3.45. The molecule has 2 rings (SSSR count). The number of carbonyl (C=O) groups is 2. The van der Waals surface area contributed by atoms with Crippen LogP contribution in [-0.4, -0.2) is 49.1 Å². The fourth-order valence-corrected chi connectivity index (χ4v) is 2.96. The number of Topliss-reactive ketones (excluding diaryl/α,β-unsaturated/α-hetero) is 1. The Morgan fingerprint density at radius 3 is 2.83 bits per heavy atom. The molecular weight excluding hydrogens is 342 g/mol. The Hall–Kier alpha value is -1.75. The number of carbonyl (C=O) groups excluding carboxylic acids is 2. The molecule has 23 heavy (non-hydrogen) atoms. The van der Waals surface area contributed by atoms with Gasteiger partial charge in [-0.3, -0.25) is 15.0 Å². The third-order valence-corrected chi connectivity index (χ3v) is 4.52. The average Bonchev–Trinajstić information content (AvgIpc) is 3.00. The number of aliphatic hydroxyl groups is 1. The van der Waals surface area contributed by atoms with E-state index in [2.05, 4.69) is 5.43 Å². The summed E-state index contributed by atoms with van der Waals surface area (Å²) in [6.07, 6.45) is 1.99. The lowest BCUT2D eigenvalue weighted by Gasteiger charge is -2.30. The number of nitrogens with one attached hydrogen (secondary N) is 2. The van der Waals surface area contributed by atoms with Crippen LogP contribution < -0.4 is 10.3 Å². The van der Waals surface area contributed by atoms with Gasteiger partial charge in [-0.1, -0.05) is 6.07 Å². The van der Waals surface area contributed by atoms with Crippen LogP contribution in [0.4, 0.5) is 0 Å². The van der Waals surface area contributed by atoms with Crippen molar-refractivity contribution in [2.45, 2.75) is 19.1 Å². The Labute approximate surface area is 137 Å². The first kappa shape index (κ1) is 17.6. The molecule has 0 fully saturated rings. The zero-order valence-electron chi connectivity index (χ0n) is 12.4. The van der Waals surface area contributed by atoms with Crippen LogP contribution in [0.2, 0.25) is 0 Å². The molecular formula is C13H17N3O5S2. The maximum absolute atomic E-state index is 12.1. The van der Waals surface area contributed by atoms with E-state index in [1.165, 1.54) is 22.4 Å². The van der Waals surface area contributed by atoms with Gasteiger partial charge in [0.25, 0.3) is 5.91 Å². The van der Waals surface area contributed by atoms with Crippen LogP contribution in [0.1, 0.15) is 22.5 Å². The SMILES string of the molecule is CS(=O)(=O)NNC(=O)C1=CN(CC(=O)c2cccs2)C(O)CC1. The maximum Gasteiger partial charge on any atom is 0.263 e. The Kier molecular flexibility index (Phi) is 5.52. The van der Waals surface area contributed by atoms with Gasteiger partial charge in [0.1, 0.15) is 6.23 Å². The third kappa shape index (κ3) is 5.13. The van der Waals surface area contributed by atoms with Crippen molar-refractivity contribution in [2.24, 2.45) is 0 Å². The monoisotopic (exact) mass is 359 g/mol. The molecule has 1 amide bonds. The van der Waals surface area contributed by atoms with E-state index in [4.69, 9.17) is 0 Å². The second-order valence-corrected chi connectivity index (χ2v) is 7.77. The molecule has 1 aromatic rings. The van der Waals surface area contributed by atoms with Gasteiger partial charge in [-0.25, -0.2) is 8.42 Å². The largest absolute Gasteiger partial charge is 0.374 e. The van der Waals surface area contributed by atoms with Crippen molar-refractivity contribution in [2.75, 3.05) is 12.8 Å². The average molecular weight is 359 g/mol. The summed E-state index contributed by atoms with van der Waals surface area (Å²) in [5.41, 5.74) is 2.36. The van der Waals surface area contributed by atoms with Crippen LogP contribution in [0, 0.1) is 0 Å². The van der Waals surface area contributed by atoms with Crippen LogP contribution in [0.3, 0.4) is 0 Å². The summed E-state index contributed by atoms with van der Waals surface area (Å²) in [7, 11) is -3.56. The fraction of sp³-hybridized carbons (Fsp3) is 0.385. The highest BCUT2D eigenvalue weighted by Gasteiger charge is 2.25. The Bertz CT molecular complexity index is 712. The van der Waals surface area contributed by atoms with E-state index >= 15 is 0 Å². The molecule has 1 aromatic heterocycles. The fourth-order valence-electron chi connectivity index (χ4n) is 2.02. The maximum atomic E-state index is 12.1. The second-order valence-electron chi connectivity index (χ2n) is 5.07. The molecule has 0 spiro atoms. The summed E-state index contributed by atoms with van der Waals surface area (Å²) >= 11 is 1.30. The predicted molar refractivity (Wildman–Crippen MR) is 84.8 cm³/mol. The van der Waals surface area contributed by atoms with E-state index in [0.29, 0.717) is 4.88 Å². The normalized spacial score (nSPS) is 18.4. The summed E-state index contributed by atoms with van der Waals surface area (Å²) < 4.78 is 21.9. The van der Waals surface area contributed by atoms with Crippen molar-refractivity contribution in [3.05, 3.63) is 34.2 Å². The summed E-state index contributed by atoms with van der Waals surface area (Å²) in [5.74, 6) is -0.776. The molecule has 1 aliphatic rings. The lowest BCUT2D eigenvalue weighted by atomic mass is 10.1.